The minimum absolute atomic E-state index is 0.296. The Morgan fingerprint density at radius 2 is 1.75 bits per heavy atom. The maximum Gasteiger partial charge on any atom is 0.124 e. The van der Waals surface area contributed by atoms with Crippen LogP contribution in [0.5, 0.6) is 5.75 Å². The fourth-order valence-corrected chi connectivity index (χ4v) is 3.25. The topological polar surface area (TPSA) is 9.23 Å². The molecule has 106 valence electrons. The molecule has 0 aliphatic carbocycles. The van der Waals surface area contributed by atoms with E-state index in [0.29, 0.717) is 0 Å². The molecule has 0 fully saturated rings. The molecule has 0 amide bonds. The molecule has 0 N–H and O–H groups in total. The Hall–Kier alpha value is -1.06. The van der Waals surface area contributed by atoms with E-state index >= 15 is 0 Å². The number of methoxy groups -OCH3 is 1. The van der Waals surface area contributed by atoms with Crippen molar-refractivity contribution in [3.8, 4) is 5.75 Å². The number of hydrogen-bond acceptors (Lipinski definition) is 1. The van der Waals surface area contributed by atoms with Crippen LogP contribution in [0.15, 0.2) is 34.8 Å². The molecular formula is C16H15BrClFO. The average Bonchev–Trinajstić information content (AvgIpc) is 2.40. The van der Waals surface area contributed by atoms with Crippen LogP contribution in [0.3, 0.4) is 0 Å². The molecule has 0 aliphatic heterocycles. The number of ether oxygens (including phenoxy) is 1. The molecule has 1 atom stereocenters. The quantitative estimate of drug-likeness (QED) is 0.655. The maximum absolute atomic E-state index is 13.4. The van der Waals surface area contributed by atoms with Crippen molar-refractivity contribution in [2.75, 3.05) is 7.11 Å². The van der Waals surface area contributed by atoms with Gasteiger partial charge in [0.05, 0.1) is 12.5 Å². The zero-order valence-corrected chi connectivity index (χ0v) is 13.8. The molecule has 1 unspecified atom stereocenters. The molecule has 20 heavy (non-hydrogen) atoms. The van der Waals surface area contributed by atoms with E-state index in [1.165, 1.54) is 12.1 Å². The molecule has 0 bridgehead atoms. The van der Waals surface area contributed by atoms with Crippen LogP contribution in [-0.4, -0.2) is 7.11 Å². The summed E-state index contributed by atoms with van der Waals surface area (Å²) in [6, 6.07) is 8.48. The molecule has 2 aromatic rings. The summed E-state index contributed by atoms with van der Waals surface area (Å²) in [5, 5.41) is -0.414. The molecule has 0 aromatic heterocycles. The second kappa shape index (κ2) is 6.15. The molecular weight excluding hydrogens is 343 g/mol. The monoisotopic (exact) mass is 356 g/mol. The van der Waals surface area contributed by atoms with Crippen LogP contribution in [0.1, 0.15) is 27.6 Å². The van der Waals surface area contributed by atoms with Gasteiger partial charge in [0.25, 0.3) is 0 Å². The van der Waals surface area contributed by atoms with Gasteiger partial charge in [-0.1, -0.05) is 28.1 Å². The summed E-state index contributed by atoms with van der Waals surface area (Å²) < 4.78 is 19.5. The van der Waals surface area contributed by atoms with Crippen molar-refractivity contribution in [3.05, 3.63) is 62.9 Å². The standard InChI is InChI=1S/C16H15BrClFO/c1-9-6-11(7-10(2)16(9)20-3)15(18)13-8-12(19)4-5-14(13)17/h4-8,15H,1-3H3. The third-order valence-electron chi connectivity index (χ3n) is 3.21. The van der Waals surface area contributed by atoms with Crippen LogP contribution in [0.25, 0.3) is 0 Å². The van der Waals surface area contributed by atoms with E-state index in [1.807, 2.05) is 26.0 Å². The number of alkyl halides is 1. The van der Waals surface area contributed by atoms with E-state index in [0.717, 1.165) is 32.5 Å². The van der Waals surface area contributed by atoms with Gasteiger partial charge in [-0.3, -0.25) is 0 Å². The second-order valence-corrected chi connectivity index (χ2v) is 6.01. The number of rotatable bonds is 3. The van der Waals surface area contributed by atoms with E-state index in [9.17, 15) is 4.39 Å². The van der Waals surface area contributed by atoms with E-state index in [2.05, 4.69) is 15.9 Å². The highest BCUT2D eigenvalue weighted by Gasteiger charge is 2.17. The summed E-state index contributed by atoms with van der Waals surface area (Å²) >= 11 is 9.93. The molecule has 0 saturated heterocycles. The van der Waals surface area contributed by atoms with Gasteiger partial charge in [0, 0.05) is 4.47 Å². The third kappa shape index (κ3) is 2.99. The van der Waals surface area contributed by atoms with E-state index in [4.69, 9.17) is 16.3 Å². The Morgan fingerprint density at radius 3 is 2.30 bits per heavy atom. The van der Waals surface area contributed by atoms with Crippen LogP contribution >= 0.6 is 27.5 Å². The summed E-state index contributed by atoms with van der Waals surface area (Å²) in [4.78, 5) is 0. The van der Waals surface area contributed by atoms with Crippen molar-refractivity contribution >= 4 is 27.5 Å². The third-order valence-corrected chi connectivity index (χ3v) is 4.42. The predicted molar refractivity (Wildman–Crippen MR) is 84.3 cm³/mol. The Kier molecular flexibility index (Phi) is 4.71. The highest BCUT2D eigenvalue weighted by molar-refractivity contribution is 9.10. The molecule has 4 heteroatoms. The highest BCUT2D eigenvalue weighted by Crippen LogP contribution is 2.37. The number of halogens is 3. The van der Waals surface area contributed by atoms with Gasteiger partial charge in [-0.05, 0) is 54.3 Å². The van der Waals surface area contributed by atoms with Gasteiger partial charge >= 0.3 is 0 Å². The first-order valence-electron chi connectivity index (χ1n) is 6.18. The van der Waals surface area contributed by atoms with E-state index < -0.39 is 5.38 Å². The zero-order chi connectivity index (χ0) is 14.9. The van der Waals surface area contributed by atoms with Crippen LogP contribution in [0, 0.1) is 19.7 Å². The van der Waals surface area contributed by atoms with E-state index in [1.54, 1.807) is 13.2 Å². The average molecular weight is 358 g/mol. The Labute approximate surface area is 131 Å². The first-order valence-corrected chi connectivity index (χ1v) is 7.41. The summed E-state index contributed by atoms with van der Waals surface area (Å²) in [5.74, 6) is 0.562. The van der Waals surface area contributed by atoms with Gasteiger partial charge < -0.3 is 4.74 Å². The summed E-state index contributed by atoms with van der Waals surface area (Å²) in [7, 11) is 1.65. The minimum Gasteiger partial charge on any atom is -0.496 e. The lowest BCUT2D eigenvalue weighted by atomic mass is 9.99. The number of aryl methyl sites for hydroxylation is 2. The lowest BCUT2D eigenvalue weighted by Gasteiger charge is -2.16. The van der Waals surface area contributed by atoms with Gasteiger partial charge in [0.15, 0.2) is 0 Å². The second-order valence-electron chi connectivity index (χ2n) is 4.72. The van der Waals surface area contributed by atoms with Gasteiger partial charge in [-0.15, -0.1) is 11.6 Å². The molecule has 0 saturated carbocycles. The molecule has 2 rings (SSSR count). The maximum atomic E-state index is 13.4. The molecule has 2 aromatic carbocycles. The first kappa shape index (κ1) is 15.3. The Balaban J connectivity index is 2.48. The lowest BCUT2D eigenvalue weighted by molar-refractivity contribution is 0.408. The zero-order valence-electron chi connectivity index (χ0n) is 11.5. The molecule has 0 radical (unpaired) electrons. The molecule has 0 heterocycles. The fourth-order valence-electron chi connectivity index (χ4n) is 2.34. The molecule has 1 nitrogen and oxygen atoms in total. The summed E-state index contributed by atoms with van der Waals surface area (Å²) in [5.41, 5.74) is 3.67. The van der Waals surface area contributed by atoms with Gasteiger partial charge in [-0.2, -0.15) is 0 Å². The van der Waals surface area contributed by atoms with Crippen LogP contribution < -0.4 is 4.74 Å². The molecule has 0 aliphatic rings. The minimum atomic E-state index is -0.414. The normalized spacial score (nSPS) is 12.3. The lowest BCUT2D eigenvalue weighted by Crippen LogP contribution is -1.99. The van der Waals surface area contributed by atoms with Gasteiger partial charge in [0.1, 0.15) is 11.6 Å². The smallest absolute Gasteiger partial charge is 0.124 e. The van der Waals surface area contributed by atoms with Gasteiger partial charge in [0.2, 0.25) is 0 Å². The Morgan fingerprint density at radius 1 is 1.15 bits per heavy atom. The van der Waals surface area contributed by atoms with Crippen molar-refractivity contribution in [2.45, 2.75) is 19.2 Å². The summed E-state index contributed by atoms with van der Waals surface area (Å²) in [6.45, 7) is 3.94. The summed E-state index contributed by atoms with van der Waals surface area (Å²) in [6.07, 6.45) is 0. The van der Waals surface area contributed by atoms with Crippen molar-refractivity contribution in [1.29, 1.82) is 0 Å². The van der Waals surface area contributed by atoms with Crippen molar-refractivity contribution < 1.29 is 9.13 Å². The van der Waals surface area contributed by atoms with Crippen LogP contribution in [0.4, 0.5) is 4.39 Å². The van der Waals surface area contributed by atoms with Crippen LogP contribution in [0.2, 0.25) is 0 Å². The van der Waals surface area contributed by atoms with E-state index in [-0.39, 0.29) is 5.82 Å². The van der Waals surface area contributed by atoms with Crippen LogP contribution in [-0.2, 0) is 0 Å². The predicted octanol–water partition coefficient (Wildman–Crippen LogP) is 5.54. The van der Waals surface area contributed by atoms with Crippen molar-refractivity contribution in [3.63, 3.8) is 0 Å². The van der Waals surface area contributed by atoms with Crippen molar-refractivity contribution in [1.82, 2.24) is 0 Å². The van der Waals surface area contributed by atoms with Gasteiger partial charge in [-0.25, -0.2) is 4.39 Å². The molecule has 0 spiro atoms. The largest absolute Gasteiger partial charge is 0.496 e. The number of benzene rings is 2. The fraction of sp³-hybridized carbons (Fsp3) is 0.250. The SMILES string of the molecule is COc1c(C)cc(C(Cl)c2cc(F)ccc2Br)cc1C. The first-order chi connectivity index (χ1) is 9.43. The Bertz CT molecular complexity index is 619. The highest BCUT2D eigenvalue weighted by atomic mass is 79.9. The number of hydrogen-bond donors (Lipinski definition) is 0. The van der Waals surface area contributed by atoms with Crippen molar-refractivity contribution in [2.24, 2.45) is 0 Å².